The molecule has 0 bridgehead atoms. The van der Waals surface area contributed by atoms with Gasteiger partial charge in [0.05, 0.1) is 12.3 Å². The lowest BCUT2D eigenvalue weighted by atomic mass is 9.81. The van der Waals surface area contributed by atoms with Crippen molar-refractivity contribution in [3.63, 3.8) is 0 Å². The first kappa shape index (κ1) is 17.0. The molecule has 3 heteroatoms. The van der Waals surface area contributed by atoms with Crippen molar-refractivity contribution in [2.24, 2.45) is 5.92 Å². The number of unbranched alkanes of at least 4 members (excludes halogenated alkanes) is 1. The fraction of sp³-hybridized carbons (Fsp3) is 0.476. The summed E-state index contributed by atoms with van der Waals surface area (Å²) in [6.45, 7) is 5.06. The largest absolute Gasteiger partial charge is 0.491 e. The Morgan fingerprint density at radius 3 is 2.88 bits per heavy atom. The number of nitrogens with one attached hydrogen (secondary N) is 1. The van der Waals surface area contributed by atoms with Crippen LogP contribution in [0.1, 0.15) is 43.4 Å². The van der Waals surface area contributed by atoms with Crippen molar-refractivity contribution in [3.8, 4) is 5.75 Å². The number of piperidine rings is 1. The van der Waals surface area contributed by atoms with Gasteiger partial charge >= 0.3 is 0 Å². The minimum Gasteiger partial charge on any atom is -0.491 e. The van der Waals surface area contributed by atoms with Gasteiger partial charge in [-0.05, 0) is 49.4 Å². The summed E-state index contributed by atoms with van der Waals surface area (Å²) >= 11 is 0. The van der Waals surface area contributed by atoms with E-state index in [0.717, 1.165) is 44.0 Å². The predicted octanol–water partition coefficient (Wildman–Crippen LogP) is 4.20. The van der Waals surface area contributed by atoms with Crippen LogP contribution in [-0.4, -0.2) is 24.7 Å². The Morgan fingerprint density at radius 2 is 2.04 bits per heavy atom. The molecule has 1 aromatic carbocycles. The van der Waals surface area contributed by atoms with Gasteiger partial charge in [0, 0.05) is 18.7 Å². The molecule has 1 saturated heterocycles. The molecule has 2 heterocycles. The number of nitrogens with zero attached hydrogens (tertiary/aromatic N) is 1. The first-order valence-electron chi connectivity index (χ1n) is 9.21. The van der Waals surface area contributed by atoms with Gasteiger partial charge < -0.3 is 10.1 Å². The van der Waals surface area contributed by atoms with Crippen molar-refractivity contribution in [1.82, 2.24) is 10.3 Å². The molecule has 2 aromatic rings. The number of ether oxygens (including phenoxy) is 1. The van der Waals surface area contributed by atoms with Gasteiger partial charge in [-0.2, -0.15) is 0 Å². The van der Waals surface area contributed by atoms with Gasteiger partial charge in [0.15, 0.2) is 0 Å². The van der Waals surface area contributed by atoms with Gasteiger partial charge in [-0.3, -0.25) is 4.98 Å². The second-order valence-corrected chi connectivity index (χ2v) is 6.63. The highest BCUT2D eigenvalue weighted by Gasteiger charge is 2.27. The van der Waals surface area contributed by atoms with Crippen LogP contribution in [0.3, 0.4) is 0 Å². The Kier molecular flexibility index (Phi) is 6.25. The second kappa shape index (κ2) is 8.84. The summed E-state index contributed by atoms with van der Waals surface area (Å²) < 4.78 is 6.22. The number of aryl methyl sites for hydroxylation is 1. The molecule has 128 valence electrons. The molecular formula is C21H28N2O. The third-order valence-corrected chi connectivity index (χ3v) is 4.90. The van der Waals surface area contributed by atoms with Gasteiger partial charge in [0.2, 0.25) is 0 Å². The zero-order valence-electron chi connectivity index (χ0n) is 14.6. The van der Waals surface area contributed by atoms with E-state index in [1.807, 2.05) is 12.3 Å². The number of rotatable bonds is 7. The Balaban J connectivity index is 1.66. The van der Waals surface area contributed by atoms with Crippen LogP contribution in [0.2, 0.25) is 0 Å². The van der Waals surface area contributed by atoms with E-state index in [1.165, 1.54) is 18.4 Å². The molecule has 1 aliphatic rings. The molecule has 24 heavy (non-hydrogen) atoms. The lowest BCUT2D eigenvalue weighted by Gasteiger charge is -2.32. The summed E-state index contributed by atoms with van der Waals surface area (Å²) in [4.78, 5) is 4.52. The Morgan fingerprint density at radius 1 is 1.17 bits per heavy atom. The maximum atomic E-state index is 6.22. The Hall–Kier alpha value is -1.87. The summed E-state index contributed by atoms with van der Waals surface area (Å²) in [6.07, 6.45) is 6.38. The van der Waals surface area contributed by atoms with E-state index in [1.54, 1.807) is 0 Å². The average molecular weight is 324 g/mol. The topological polar surface area (TPSA) is 34.1 Å². The summed E-state index contributed by atoms with van der Waals surface area (Å²) in [5, 5.41) is 3.52. The summed E-state index contributed by atoms with van der Waals surface area (Å²) in [5.41, 5.74) is 2.53. The molecule has 1 N–H and O–H groups in total. The van der Waals surface area contributed by atoms with Crippen LogP contribution in [0.5, 0.6) is 5.75 Å². The smallest absolute Gasteiger partial charge is 0.140 e. The molecule has 1 aromatic heterocycles. The van der Waals surface area contributed by atoms with Crippen molar-refractivity contribution < 1.29 is 4.74 Å². The molecular weight excluding hydrogens is 296 g/mol. The van der Waals surface area contributed by atoms with E-state index in [2.05, 4.69) is 53.6 Å². The highest BCUT2D eigenvalue weighted by molar-refractivity contribution is 5.27. The standard InChI is InChI=1S/C21H28N2O/c1-2-3-10-20-21(11-7-13-23-20)24-16-18-15-22-14-12-19(18)17-8-5-4-6-9-17/h4-9,11,13,18-19,22H,2-3,10,12,14-16H2,1H3/t18-,19-/m1/s1. The Bertz CT molecular complexity index is 614. The molecule has 3 nitrogen and oxygen atoms in total. The van der Waals surface area contributed by atoms with E-state index in [4.69, 9.17) is 4.74 Å². The average Bonchev–Trinajstić information content (AvgIpc) is 2.66. The first-order valence-corrected chi connectivity index (χ1v) is 9.21. The van der Waals surface area contributed by atoms with Gasteiger partial charge in [0.25, 0.3) is 0 Å². The van der Waals surface area contributed by atoms with Crippen LogP contribution < -0.4 is 10.1 Å². The molecule has 0 spiro atoms. The SMILES string of the molecule is CCCCc1ncccc1OC[C@H]1CNCC[C@@H]1c1ccccc1. The van der Waals surface area contributed by atoms with Crippen molar-refractivity contribution in [1.29, 1.82) is 0 Å². The van der Waals surface area contributed by atoms with E-state index in [9.17, 15) is 0 Å². The number of benzene rings is 1. The van der Waals surface area contributed by atoms with Gasteiger partial charge in [-0.15, -0.1) is 0 Å². The molecule has 1 aliphatic heterocycles. The molecule has 0 aliphatic carbocycles. The molecule has 2 atom stereocenters. The minimum absolute atomic E-state index is 0.500. The van der Waals surface area contributed by atoms with Crippen molar-refractivity contribution in [2.75, 3.05) is 19.7 Å². The van der Waals surface area contributed by atoms with E-state index < -0.39 is 0 Å². The molecule has 0 saturated carbocycles. The maximum Gasteiger partial charge on any atom is 0.140 e. The highest BCUT2D eigenvalue weighted by Crippen LogP contribution is 2.31. The van der Waals surface area contributed by atoms with E-state index in [-0.39, 0.29) is 0 Å². The molecule has 1 fully saturated rings. The zero-order valence-corrected chi connectivity index (χ0v) is 14.6. The lowest BCUT2D eigenvalue weighted by Crippen LogP contribution is -2.38. The van der Waals surface area contributed by atoms with Crippen LogP contribution in [0.4, 0.5) is 0 Å². The number of pyridine rings is 1. The molecule has 0 amide bonds. The van der Waals surface area contributed by atoms with E-state index in [0.29, 0.717) is 11.8 Å². The van der Waals surface area contributed by atoms with Crippen LogP contribution in [0.15, 0.2) is 48.7 Å². The molecule has 0 radical (unpaired) electrons. The van der Waals surface area contributed by atoms with Crippen LogP contribution in [0.25, 0.3) is 0 Å². The lowest BCUT2D eigenvalue weighted by molar-refractivity contribution is 0.195. The van der Waals surface area contributed by atoms with Crippen molar-refractivity contribution in [2.45, 2.75) is 38.5 Å². The monoisotopic (exact) mass is 324 g/mol. The highest BCUT2D eigenvalue weighted by atomic mass is 16.5. The van der Waals surface area contributed by atoms with Crippen LogP contribution in [-0.2, 0) is 6.42 Å². The summed E-state index contributed by atoms with van der Waals surface area (Å²) in [7, 11) is 0. The third kappa shape index (κ3) is 4.35. The fourth-order valence-electron chi connectivity index (χ4n) is 3.52. The van der Waals surface area contributed by atoms with Crippen LogP contribution in [0, 0.1) is 5.92 Å². The van der Waals surface area contributed by atoms with E-state index >= 15 is 0 Å². The second-order valence-electron chi connectivity index (χ2n) is 6.63. The number of hydrogen-bond acceptors (Lipinski definition) is 3. The number of aromatic nitrogens is 1. The summed E-state index contributed by atoms with van der Waals surface area (Å²) in [6, 6.07) is 14.9. The molecule has 0 unspecified atom stereocenters. The summed E-state index contributed by atoms with van der Waals surface area (Å²) in [5.74, 6) is 2.03. The van der Waals surface area contributed by atoms with Crippen LogP contribution >= 0.6 is 0 Å². The zero-order chi connectivity index (χ0) is 16.6. The van der Waals surface area contributed by atoms with Gasteiger partial charge in [-0.25, -0.2) is 0 Å². The third-order valence-electron chi connectivity index (χ3n) is 4.90. The Labute approximate surface area is 145 Å². The van der Waals surface area contributed by atoms with Crippen molar-refractivity contribution >= 4 is 0 Å². The number of hydrogen-bond donors (Lipinski definition) is 1. The fourth-order valence-corrected chi connectivity index (χ4v) is 3.52. The minimum atomic E-state index is 0.500. The van der Waals surface area contributed by atoms with Crippen molar-refractivity contribution in [3.05, 3.63) is 59.9 Å². The van der Waals surface area contributed by atoms with Gasteiger partial charge in [0.1, 0.15) is 5.75 Å². The van der Waals surface area contributed by atoms with Gasteiger partial charge in [-0.1, -0.05) is 43.7 Å². The maximum absolute atomic E-state index is 6.22. The first-order chi connectivity index (χ1) is 11.9. The normalized spacial score (nSPS) is 20.7. The predicted molar refractivity (Wildman–Crippen MR) is 98.5 cm³/mol. The quantitative estimate of drug-likeness (QED) is 0.829. The molecule has 3 rings (SSSR count).